The third-order valence-corrected chi connectivity index (χ3v) is 3.87. The van der Waals surface area contributed by atoms with E-state index in [9.17, 15) is 0 Å². The molecule has 1 unspecified atom stereocenters. The highest BCUT2D eigenvalue weighted by molar-refractivity contribution is 7.09. The van der Waals surface area contributed by atoms with E-state index in [1.807, 2.05) is 11.3 Å². The van der Waals surface area contributed by atoms with Gasteiger partial charge in [-0.05, 0) is 43.4 Å². The van der Waals surface area contributed by atoms with Gasteiger partial charge in [-0.3, -0.25) is 4.90 Å². The van der Waals surface area contributed by atoms with Crippen LogP contribution in [-0.4, -0.2) is 31.1 Å². The van der Waals surface area contributed by atoms with Gasteiger partial charge in [0.2, 0.25) is 0 Å². The average Bonchev–Trinajstić information content (AvgIpc) is 2.87. The Morgan fingerprint density at radius 3 is 3.27 bits per heavy atom. The van der Waals surface area contributed by atoms with Gasteiger partial charge in [0.15, 0.2) is 0 Å². The molecule has 0 aliphatic carbocycles. The van der Waals surface area contributed by atoms with Crippen molar-refractivity contribution in [3.63, 3.8) is 0 Å². The normalized spacial score (nSPS) is 22.3. The second kappa shape index (κ2) is 5.64. The fourth-order valence-electron chi connectivity index (χ4n) is 2.19. The lowest BCUT2D eigenvalue weighted by Crippen LogP contribution is -2.25. The maximum atomic E-state index is 3.45. The molecular weight excluding hydrogens is 204 g/mol. The third kappa shape index (κ3) is 3.30. The van der Waals surface area contributed by atoms with Crippen molar-refractivity contribution in [2.45, 2.75) is 19.9 Å². The summed E-state index contributed by atoms with van der Waals surface area (Å²) in [6.45, 7) is 8.16. The van der Waals surface area contributed by atoms with Crippen LogP contribution in [0.5, 0.6) is 0 Å². The molecule has 2 rings (SSSR count). The molecule has 0 aromatic carbocycles. The van der Waals surface area contributed by atoms with Crippen LogP contribution in [0, 0.1) is 5.92 Å². The Morgan fingerprint density at radius 2 is 2.53 bits per heavy atom. The van der Waals surface area contributed by atoms with Gasteiger partial charge < -0.3 is 5.32 Å². The molecule has 1 saturated heterocycles. The molecule has 15 heavy (non-hydrogen) atoms. The Morgan fingerprint density at radius 1 is 1.60 bits per heavy atom. The van der Waals surface area contributed by atoms with E-state index in [4.69, 9.17) is 0 Å². The van der Waals surface area contributed by atoms with E-state index in [-0.39, 0.29) is 0 Å². The Labute approximate surface area is 96.3 Å². The smallest absolute Gasteiger partial charge is 0.0328 e. The minimum atomic E-state index is 0.866. The minimum absolute atomic E-state index is 0.866. The van der Waals surface area contributed by atoms with E-state index >= 15 is 0 Å². The fraction of sp³-hybridized carbons (Fsp3) is 0.667. The summed E-state index contributed by atoms with van der Waals surface area (Å²) < 4.78 is 0. The quantitative estimate of drug-likeness (QED) is 0.824. The molecular formula is C12H20N2S. The first-order chi connectivity index (χ1) is 7.38. The molecule has 0 radical (unpaired) electrons. The molecule has 0 amide bonds. The van der Waals surface area contributed by atoms with Crippen molar-refractivity contribution in [1.29, 1.82) is 0 Å². The van der Waals surface area contributed by atoms with Gasteiger partial charge in [0.05, 0.1) is 0 Å². The van der Waals surface area contributed by atoms with Crippen LogP contribution >= 0.6 is 11.3 Å². The monoisotopic (exact) mass is 224 g/mol. The van der Waals surface area contributed by atoms with E-state index in [1.165, 1.54) is 30.9 Å². The van der Waals surface area contributed by atoms with Gasteiger partial charge in [0.1, 0.15) is 0 Å². The first kappa shape index (κ1) is 11.1. The SMILES string of the molecule is CCNCC1CCN(Cc2cccs2)C1. The molecule has 1 aliphatic rings. The van der Waals surface area contributed by atoms with Crippen LogP contribution < -0.4 is 5.32 Å². The van der Waals surface area contributed by atoms with Crippen molar-refractivity contribution < 1.29 is 0 Å². The van der Waals surface area contributed by atoms with Crippen LogP contribution in [0.1, 0.15) is 18.2 Å². The van der Waals surface area contributed by atoms with Gasteiger partial charge >= 0.3 is 0 Å². The van der Waals surface area contributed by atoms with E-state index in [0.29, 0.717) is 0 Å². The van der Waals surface area contributed by atoms with Crippen molar-refractivity contribution in [2.24, 2.45) is 5.92 Å². The predicted molar refractivity (Wildman–Crippen MR) is 66.2 cm³/mol. The Balaban J connectivity index is 1.73. The Hall–Kier alpha value is -0.380. The lowest BCUT2D eigenvalue weighted by Gasteiger charge is -2.14. The van der Waals surface area contributed by atoms with Crippen LogP contribution in [0.15, 0.2) is 17.5 Å². The van der Waals surface area contributed by atoms with E-state index in [2.05, 4.69) is 34.7 Å². The van der Waals surface area contributed by atoms with Crippen LogP contribution in [0.25, 0.3) is 0 Å². The zero-order chi connectivity index (χ0) is 10.5. The van der Waals surface area contributed by atoms with Crippen LogP contribution in [0.4, 0.5) is 0 Å². The third-order valence-electron chi connectivity index (χ3n) is 3.01. The maximum Gasteiger partial charge on any atom is 0.0328 e. The molecule has 3 heteroatoms. The fourth-order valence-corrected chi connectivity index (χ4v) is 2.94. The molecule has 2 heterocycles. The highest BCUT2D eigenvalue weighted by Gasteiger charge is 2.21. The minimum Gasteiger partial charge on any atom is -0.317 e. The molecule has 84 valence electrons. The summed E-state index contributed by atoms with van der Waals surface area (Å²) in [5.41, 5.74) is 0. The Kier molecular flexibility index (Phi) is 4.18. The van der Waals surface area contributed by atoms with E-state index in [1.54, 1.807) is 0 Å². The highest BCUT2D eigenvalue weighted by atomic mass is 32.1. The van der Waals surface area contributed by atoms with Crippen molar-refractivity contribution >= 4 is 11.3 Å². The van der Waals surface area contributed by atoms with Gasteiger partial charge in [-0.2, -0.15) is 0 Å². The highest BCUT2D eigenvalue weighted by Crippen LogP contribution is 2.19. The number of likely N-dealkylation sites (tertiary alicyclic amines) is 1. The lowest BCUT2D eigenvalue weighted by atomic mass is 10.1. The first-order valence-electron chi connectivity index (χ1n) is 5.84. The summed E-state index contributed by atoms with van der Waals surface area (Å²) in [7, 11) is 0. The van der Waals surface area contributed by atoms with Crippen molar-refractivity contribution in [3.05, 3.63) is 22.4 Å². The summed E-state index contributed by atoms with van der Waals surface area (Å²) in [5, 5.41) is 5.61. The number of hydrogen-bond donors (Lipinski definition) is 1. The number of nitrogens with one attached hydrogen (secondary N) is 1. The van der Waals surface area contributed by atoms with Gasteiger partial charge in [-0.15, -0.1) is 11.3 Å². The summed E-state index contributed by atoms with van der Waals surface area (Å²) in [5.74, 6) is 0.866. The van der Waals surface area contributed by atoms with Crippen molar-refractivity contribution in [2.75, 3.05) is 26.2 Å². The van der Waals surface area contributed by atoms with Gasteiger partial charge in [-0.25, -0.2) is 0 Å². The predicted octanol–water partition coefficient (Wildman–Crippen LogP) is 2.18. The van der Waals surface area contributed by atoms with E-state index < -0.39 is 0 Å². The second-order valence-corrected chi connectivity index (χ2v) is 5.31. The molecule has 1 aromatic rings. The van der Waals surface area contributed by atoms with Crippen LogP contribution in [0.3, 0.4) is 0 Å². The Bertz CT molecular complexity index is 271. The second-order valence-electron chi connectivity index (χ2n) is 4.28. The molecule has 1 aliphatic heterocycles. The molecule has 0 bridgehead atoms. The molecule has 1 fully saturated rings. The number of rotatable bonds is 5. The van der Waals surface area contributed by atoms with Crippen LogP contribution in [-0.2, 0) is 6.54 Å². The molecule has 2 nitrogen and oxygen atoms in total. The number of nitrogens with zero attached hydrogens (tertiary/aromatic N) is 1. The molecule has 1 aromatic heterocycles. The largest absolute Gasteiger partial charge is 0.317 e. The zero-order valence-corrected chi connectivity index (χ0v) is 10.2. The van der Waals surface area contributed by atoms with E-state index in [0.717, 1.165) is 19.0 Å². The van der Waals surface area contributed by atoms with Crippen molar-refractivity contribution in [1.82, 2.24) is 10.2 Å². The topological polar surface area (TPSA) is 15.3 Å². The number of thiophene rings is 1. The average molecular weight is 224 g/mol. The molecule has 1 atom stereocenters. The molecule has 1 N–H and O–H groups in total. The summed E-state index contributed by atoms with van der Waals surface area (Å²) in [6, 6.07) is 4.38. The number of hydrogen-bond acceptors (Lipinski definition) is 3. The van der Waals surface area contributed by atoms with Gasteiger partial charge in [0, 0.05) is 18.0 Å². The maximum absolute atomic E-state index is 3.45. The van der Waals surface area contributed by atoms with Crippen molar-refractivity contribution in [3.8, 4) is 0 Å². The standard InChI is InChI=1S/C12H20N2S/c1-2-13-8-11-5-6-14(9-11)10-12-4-3-7-15-12/h3-4,7,11,13H,2,5-6,8-10H2,1H3. The van der Waals surface area contributed by atoms with Gasteiger partial charge in [0.25, 0.3) is 0 Å². The van der Waals surface area contributed by atoms with Gasteiger partial charge in [-0.1, -0.05) is 13.0 Å². The molecule has 0 spiro atoms. The molecule has 0 saturated carbocycles. The zero-order valence-electron chi connectivity index (χ0n) is 9.41. The lowest BCUT2D eigenvalue weighted by molar-refractivity contribution is 0.317. The summed E-state index contributed by atoms with van der Waals surface area (Å²) in [4.78, 5) is 4.08. The summed E-state index contributed by atoms with van der Waals surface area (Å²) >= 11 is 1.87. The summed E-state index contributed by atoms with van der Waals surface area (Å²) in [6.07, 6.45) is 1.36. The first-order valence-corrected chi connectivity index (χ1v) is 6.72. The van der Waals surface area contributed by atoms with Crippen LogP contribution in [0.2, 0.25) is 0 Å².